The number of hydrogen-bond acceptors (Lipinski definition) is 15. The van der Waals surface area contributed by atoms with Crippen molar-refractivity contribution < 1.29 is 80.2 Å². The van der Waals surface area contributed by atoms with Crippen molar-refractivity contribution in [3.8, 4) is 0 Å². The third kappa shape index (κ3) is 69.8. The third-order valence-electron chi connectivity index (χ3n) is 17.0. The Balaban J connectivity index is 5.31. The van der Waals surface area contributed by atoms with E-state index >= 15 is 0 Å². The Morgan fingerprint density at radius 1 is 0.326 bits per heavy atom. The first kappa shape index (κ1) is 92.5. The van der Waals surface area contributed by atoms with Crippen molar-refractivity contribution in [2.75, 3.05) is 39.6 Å². The van der Waals surface area contributed by atoms with Crippen LogP contribution in [0.25, 0.3) is 0 Å². The largest absolute Gasteiger partial charge is 0.472 e. The van der Waals surface area contributed by atoms with Crippen molar-refractivity contribution in [1.82, 2.24) is 0 Å². The summed E-state index contributed by atoms with van der Waals surface area (Å²) in [7, 11) is -9.93. The van der Waals surface area contributed by atoms with Gasteiger partial charge in [-0.15, -0.1) is 0 Å². The molecule has 0 heterocycles. The lowest BCUT2D eigenvalue weighted by molar-refractivity contribution is -0.161. The molecule has 2 unspecified atom stereocenters. The van der Waals surface area contributed by atoms with Gasteiger partial charge in [0, 0.05) is 25.7 Å². The van der Waals surface area contributed by atoms with Crippen LogP contribution in [0, 0.1) is 17.8 Å². The van der Waals surface area contributed by atoms with E-state index in [2.05, 4.69) is 72.8 Å². The molecule has 19 heteroatoms. The maximum atomic E-state index is 13.1. The van der Waals surface area contributed by atoms with Crippen molar-refractivity contribution in [3.63, 3.8) is 0 Å². The molecule has 95 heavy (non-hydrogen) atoms. The Morgan fingerprint density at radius 2 is 0.568 bits per heavy atom. The lowest BCUT2D eigenvalue weighted by Gasteiger charge is -2.21. The maximum absolute atomic E-state index is 13.1. The number of allylic oxidation sites excluding steroid dienone is 4. The number of carbonyl (C=O) groups excluding carboxylic acids is 4. The molecule has 0 rings (SSSR count). The van der Waals surface area contributed by atoms with Crippen LogP contribution in [-0.2, 0) is 65.4 Å². The van der Waals surface area contributed by atoms with Gasteiger partial charge >= 0.3 is 39.5 Å². The van der Waals surface area contributed by atoms with Crippen LogP contribution in [0.1, 0.15) is 363 Å². The molecule has 0 saturated heterocycles. The summed E-state index contributed by atoms with van der Waals surface area (Å²) in [5.41, 5.74) is 0. The van der Waals surface area contributed by atoms with Crippen molar-refractivity contribution in [2.45, 2.75) is 381 Å². The summed E-state index contributed by atoms with van der Waals surface area (Å²) in [6, 6.07) is 0. The molecule has 0 bridgehead atoms. The Labute approximate surface area is 580 Å². The molecule has 17 nitrogen and oxygen atoms in total. The predicted octanol–water partition coefficient (Wildman–Crippen LogP) is 21.7. The monoisotopic (exact) mass is 1390 g/mol. The molecule has 0 aliphatic rings. The first-order valence-electron chi connectivity index (χ1n) is 38.7. The number of unbranched alkanes of at least 4 members (excludes halogenated alkanes) is 37. The molecule has 0 aromatic rings. The van der Waals surface area contributed by atoms with Gasteiger partial charge in [0.1, 0.15) is 19.3 Å². The number of phosphoric ester groups is 2. The average Bonchev–Trinajstić information content (AvgIpc) is 2.48. The summed E-state index contributed by atoms with van der Waals surface area (Å²) in [5.74, 6) is 0.127. The van der Waals surface area contributed by atoms with Crippen LogP contribution in [0.15, 0.2) is 24.3 Å². The van der Waals surface area contributed by atoms with E-state index in [1.807, 2.05) is 0 Å². The first-order chi connectivity index (χ1) is 45.7. The quantitative estimate of drug-likeness (QED) is 0.0169. The Bertz CT molecular complexity index is 1950. The molecule has 3 N–H and O–H groups in total. The molecule has 0 spiro atoms. The molecule has 0 saturated carbocycles. The number of aliphatic hydroxyl groups is 1. The number of ether oxygens (including phenoxy) is 4. The highest BCUT2D eigenvalue weighted by Gasteiger charge is 2.30. The number of hydrogen-bond donors (Lipinski definition) is 3. The van der Waals surface area contributed by atoms with E-state index < -0.39 is 97.5 Å². The molecule has 0 fully saturated rings. The van der Waals surface area contributed by atoms with Crippen molar-refractivity contribution in [3.05, 3.63) is 24.3 Å². The molecule has 0 aromatic heterocycles. The second kappa shape index (κ2) is 66.1. The fraction of sp³-hybridized carbons (Fsp3) is 0.895. The van der Waals surface area contributed by atoms with Gasteiger partial charge in [-0.2, -0.15) is 0 Å². The SMILES string of the molecule is CCCCCC/C=C\C=C/CCCCCCCC(=O)O[C@H](COC(=O)CCCCCCCCCCCCCC(C)C)COP(=O)(O)OC[C@@H](O)COP(=O)(O)OC[C@@H](COC(=O)CCCCCCCCCCCC(C)C)OC(=O)CCCCCCCCCCCCCC(C)C. The smallest absolute Gasteiger partial charge is 0.462 e. The molecule has 0 aliphatic heterocycles. The Morgan fingerprint density at radius 3 is 0.853 bits per heavy atom. The van der Waals surface area contributed by atoms with E-state index in [4.69, 9.17) is 37.0 Å². The summed E-state index contributed by atoms with van der Waals surface area (Å²) < 4.78 is 68.5. The van der Waals surface area contributed by atoms with Crippen LogP contribution in [-0.4, -0.2) is 96.7 Å². The summed E-state index contributed by atoms with van der Waals surface area (Å²) in [6.07, 6.45) is 54.8. The van der Waals surface area contributed by atoms with Crippen molar-refractivity contribution >= 4 is 39.5 Å². The van der Waals surface area contributed by atoms with Gasteiger partial charge in [0.15, 0.2) is 12.2 Å². The van der Waals surface area contributed by atoms with E-state index in [1.54, 1.807) is 0 Å². The minimum atomic E-state index is -4.97. The van der Waals surface area contributed by atoms with Gasteiger partial charge in [-0.1, -0.05) is 310 Å². The zero-order chi connectivity index (χ0) is 70.1. The second-order valence-electron chi connectivity index (χ2n) is 28.1. The van der Waals surface area contributed by atoms with Gasteiger partial charge in [0.05, 0.1) is 26.4 Å². The number of phosphoric acid groups is 2. The number of esters is 4. The van der Waals surface area contributed by atoms with Gasteiger partial charge < -0.3 is 33.8 Å². The second-order valence-corrected chi connectivity index (χ2v) is 31.0. The number of carbonyl (C=O) groups is 4. The number of aliphatic hydroxyl groups excluding tert-OH is 1. The summed E-state index contributed by atoms with van der Waals surface area (Å²) in [5, 5.41) is 10.6. The topological polar surface area (TPSA) is 237 Å². The highest BCUT2D eigenvalue weighted by molar-refractivity contribution is 7.47. The minimum absolute atomic E-state index is 0.0846. The van der Waals surface area contributed by atoms with Crippen molar-refractivity contribution in [1.29, 1.82) is 0 Å². The summed E-state index contributed by atoms with van der Waals surface area (Å²) in [6.45, 7) is 11.8. The van der Waals surface area contributed by atoms with Gasteiger partial charge in [0.25, 0.3) is 0 Å². The highest BCUT2D eigenvalue weighted by Crippen LogP contribution is 2.45. The van der Waals surface area contributed by atoms with Crippen LogP contribution < -0.4 is 0 Å². The highest BCUT2D eigenvalue weighted by atomic mass is 31.2. The standard InChI is InChI=1S/C76H144O17P2/c1-8-9-10-11-12-13-14-15-16-17-22-30-38-45-52-59-75(80)92-71(63-86-73(78)57-50-43-36-29-23-18-20-26-33-40-47-54-67(2)3)65-90-94(82,83)88-61-70(77)62-89-95(84,85)91-66-72(64-87-74(79)58-51-44-37-32-25-28-35-42-49-56-69(6)7)93-76(81)60-53-46-39-31-24-19-21-27-34-41-48-55-68(4)5/h13-16,67-72,77H,8-12,17-66H2,1-7H3,(H,82,83)(H,84,85)/b14-13-,16-15-/t70-,71-,72-/m1/s1. The lowest BCUT2D eigenvalue weighted by atomic mass is 10.0. The van der Waals surface area contributed by atoms with E-state index in [1.165, 1.54) is 161 Å². The molecular formula is C76H144O17P2. The fourth-order valence-corrected chi connectivity index (χ4v) is 12.6. The summed E-state index contributed by atoms with van der Waals surface area (Å²) >= 11 is 0. The van der Waals surface area contributed by atoms with Gasteiger partial charge in [0.2, 0.25) is 0 Å². The number of rotatable bonds is 72. The van der Waals surface area contributed by atoms with Crippen molar-refractivity contribution in [2.24, 2.45) is 17.8 Å². The van der Waals surface area contributed by atoms with Crippen LogP contribution in [0.3, 0.4) is 0 Å². The zero-order valence-corrected chi connectivity index (χ0v) is 63.4. The van der Waals surface area contributed by atoms with Gasteiger partial charge in [-0.05, 0) is 69.1 Å². The van der Waals surface area contributed by atoms with Crippen LogP contribution in [0.4, 0.5) is 0 Å². The Hall–Kier alpha value is -2.46. The summed E-state index contributed by atoms with van der Waals surface area (Å²) in [4.78, 5) is 72.8. The van der Waals surface area contributed by atoms with Gasteiger partial charge in [-0.25, -0.2) is 9.13 Å². The molecule has 0 amide bonds. The predicted molar refractivity (Wildman–Crippen MR) is 386 cm³/mol. The van der Waals surface area contributed by atoms with Crippen LogP contribution in [0.5, 0.6) is 0 Å². The maximum Gasteiger partial charge on any atom is 0.472 e. The molecule has 0 radical (unpaired) electrons. The Kier molecular flexibility index (Phi) is 64.4. The zero-order valence-electron chi connectivity index (χ0n) is 61.6. The molecule has 5 atom stereocenters. The minimum Gasteiger partial charge on any atom is -0.462 e. The van der Waals surface area contributed by atoms with Crippen LogP contribution in [0.2, 0.25) is 0 Å². The third-order valence-corrected chi connectivity index (χ3v) is 18.9. The normalized spacial score (nSPS) is 14.2. The first-order valence-corrected chi connectivity index (χ1v) is 41.7. The lowest BCUT2D eigenvalue weighted by Crippen LogP contribution is -2.30. The van der Waals surface area contributed by atoms with E-state index in [0.29, 0.717) is 25.7 Å². The molecule has 560 valence electrons. The fourth-order valence-electron chi connectivity index (χ4n) is 11.1. The van der Waals surface area contributed by atoms with Gasteiger partial charge in [-0.3, -0.25) is 37.3 Å². The molecule has 0 aromatic carbocycles. The van der Waals surface area contributed by atoms with Crippen LogP contribution >= 0.6 is 15.6 Å². The van der Waals surface area contributed by atoms with E-state index in [9.17, 15) is 43.2 Å². The van der Waals surface area contributed by atoms with E-state index in [-0.39, 0.29) is 25.7 Å². The molecule has 0 aliphatic carbocycles. The average molecular weight is 1390 g/mol. The van der Waals surface area contributed by atoms with E-state index in [0.717, 1.165) is 120 Å². The molecular weight excluding hydrogens is 1250 g/mol.